The van der Waals surface area contributed by atoms with Crippen molar-refractivity contribution in [3.05, 3.63) is 164 Å². The number of benzene rings is 7. The van der Waals surface area contributed by atoms with Gasteiger partial charge in [0.15, 0.2) is 0 Å². The summed E-state index contributed by atoms with van der Waals surface area (Å²) in [7, 11) is -2.30. The Balaban J connectivity index is 1.23. The Morgan fingerprint density at radius 1 is 0.404 bits per heavy atom. The van der Waals surface area contributed by atoms with E-state index in [0.29, 0.717) is 17.5 Å². The molecule has 0 unspecified atom stereocenters. The first-order chi connectivity index (χ1) is 25.5. The summed E-state index contributed by atoms with van der Waals surface area (Å²) in [6.07, 6.45) is 0. The molecule has 0 amide bonds. The molecule has 248 valence electrons. The van der Waals surface area contributed by atoms with E-state index in [0.717, 1.165) is 49.8 Å². The Hall–Kier alpha value is -6.43. The fraction of sp³-hybridized carbons (Fsp3) is 0.0426. The molecule has 7 aromatic carbocycles. The van der Waals surface area contributed by atoms with Crippen molar-refractivity contribution in [1.82, 2.24) is 15.0 Å². The molecule has 0 aliphatic carbocycles. The minimum atomic E-state index is -2.30. The SMILES string of the molecule is C[SiH-]1(C)c2ccc(-c3nc(-c4ccccc4)nc(-c4ccc5oc6ccccc6c5c4-c4ccccc4)n3)cc2-c2c(-c3ccccc3)cccc21. The van der Waals surface area contributed by atoms with Gasteiger partial charge in [-0.15, -0.1) is 0 Å². The first-order valence-electron chi connectivity index (χ1n) is 17.9. The number of furan rings is 1. The summed E-state index contributed by atoms with van der Waals surface area (Å²) < 4.78 is 6.37. The van der Waals surface area contributed by atoms with Crippen molar-refractivity contribution in [2.24, 2.45) is 0 Å². The van der Waals surface area contributed by atoms with Gasteiger partial charge in [0.2, 0.25) is 0 Å². The van der Waals surface area contributed by atoms with Crippen LogP contribution in [0.15, 0.2) is 168 Å². The van der Waals surface area contributed by atoms with E-state index in [2.05, 4.69) is 134 Å². The van der Waals surface area contributed by atoms with Crippen LogP contribution in [0.3, 0.4) is 0 Å². The molecule has 52 heavy (non-hydrogen) atoms. The molecule has 0 radical (unpaired) electrons. The van der Waals surface area contributed by atoms with Crippen LogP contribution in [0.5, 0.6) is 0 Å². The summed E-state index contributed by atoms with van der Waals surface area (Å²) >= 11 is 0. The van der Waals surface area contributed by atoms with E-state index in [1.54, 1.807) is 0 Å². The maximum absolute atomic E-state index is 6.37. The zero-order valence-electron chi connectivity index (χ0n) is 28.9. The van der Waals surface area contributed by atoms with Crippen LogP contribution in [-0.4, -0.2) is 23.0 Å². The fourth-order valence-corrected chi connectivity index (χ4v) is 11.8. The molecule has 2 aromatic heterocycles. The van der Waals surface area contributed by atoms with Gasteiger partial charge in [-0.25, -0.2) is 0 Å². The van der Waals surface area contributed by atoms with E-state index in [4.69, 9.17) is 19.4 Å². The third kappa shape index (κ3) is 4.78. The van der Waals surface area contributed by atoms with Crippen molar-refractivity contribution >= 4 is 40.4 Å². The van der Waals surface area contributed by atoms with Crippen molar-refractivity contribution in [1.29, 1.82) is 0 Å². The Kier molecular flexibility index (Phi) is 6.91. The van der Waals surface area contributed by atoms with Crippen LogP contribution < -0.4 is 10.4 Å². The van der Waals surface area contributed by atoms with Gasteiger partial charge in [-0.1, -0.05) is 18.2 Å². The van der Waals surface area contributed by atoms with E-state index in [1.807, 2.05) is 42.5 Å². The number of fused-ring (bicyclic) bond motifs is 6. The molecular weight excluding hydrogens is 651 g/mol. The molecule has 0 bridgehead atoms. The van der Waals surface area contributed by atoms with E-state index in [9.17, 15) is 0 Å². The third-order valence-electron chi connectivity index (χ3n) is 10.8. The Morgan fingerprint density at radius 2 is 1.04 bits per heavy atom. The molecule has 0 N–H and O–H groups in total. The molecule has 0 saturated carbocycles. The average Bonchev–Trinajstić information content (AvgIpc) is 3.70. The van der Waals surface area contributed by atoms with Gasteiger partial charge in [0.25, 0.3) is 0 Å². The van der Waals surface area contributed by atoms with E-state index in [-0.39, 0.29) is 0 Å². The van der Waals surface area contributed by atoms with Crippen LogP contribution in [0.25, 0.3) is 89.5 Å². The monoisotopic (exact) mass is 684 g/mol. The summed E-state index contributed by atoms with van der Waals surface area (Å²) in [5, 5.41) is 5.08. The summed E-state index contributed by atoms with van der Waals surface area (Å²) in [4.78, 5) is 15.7. The Labute approximate surface area is 303 Å². The molecule has 4 nitrogen and oxygen atoms in total. The van der Waals surface area contributed by atoms with Crippen molar-refractivity contribution < 1.29 is 4.42 Å². The molecule has 1 aliphatic rings. The average molecular weight is 685 g/mol. The first kappa shape index (κ1) is 30.4. The number of hydrogen-bond acceptors (Lipinski definition) is 4. The van der Waals surface area contributed by atoms with Gasteiger partial charge in [-0.3, -0.25) is 0 Å². The van der Waals surface area contributed by atoms with E-state index in [1.165, 1.54) is 32.6 Å². The number of para-hydroxylation sites is 1. The van der Waals surface area contributed by atoms with Crippen molar-refractivity contribution in [2.45, 2.75) is 13.1 Å². The van der Waals surface area contributed by atoms with Gasteiger partial charge in [0.1, 0.15) is 0 Å². The molecule has 5 heteroatoms. The summed E-state index contributed by atoms with van der Waals surface area (Å²) in [6.45, 7) is 4.98. The predicted molar refractivity (Wildman–Crippen MR) is 218 cm³/mol. The van der Waals surface area contributed by atoms with Gasteiger partial charge in [-0.05, 0) is 6.07 Å². The molecule has 1 aliphatic heterocycles. The van der Waals surface area contributed by atoms with Crippen molar-refractivity contribution in [3.8, 4) is 67.5 Å². The third-order valence-corrected chi connectivity index (χ3v) is 14.9. The van der Waals surface area contributed by atoms with Crippen molar-refractivity contribution in [3.63, 3.8) is 0 Å². The van der Waals surface area contributed by atoms with Crippen LogP contribution in [-0.2, 0) is 0 Å². The number of aromatic nitrogens is 3. The molecule has 3 heterocycles. The first-order valence-corrected chi connectivity index (χ1v) is 21.4. The quantitative estimate of drug-likeness (QED) is 0.169. The summed E-state index contributed by atoms with van der Waals surface area (Å²) in [5.74, 6) is 1.91. The van der Waals surface area contributed by atoms with Gasteiger partial charge in [0.05, 0.1) is 0 Å². The molecule has 0 spiro atoms. The number of rotatable bonds is 5. The topological polar surface area (TPSA) is 51.8 Å². The van der Waals surface area contributed by atoms with Crippen LogP contribution in [0.1, 0.15) is 0 Å². The number of hydrogen-bond donors (Lipinski definition) is 0. The van der Waals surface area contributed by atoms with Crippen LogP contribution in [0, 0.1) is 0 Å². The zero-order chi connectivity index (χ0) is 34.8. The van der Waals surface area contributed by atoms with Crippen LogP contribution in [0.2, 0.25) is 13.1 Å². The van der Waals surface area contributed by atoms with Gasteiger partial charge >= 0.3 is 280 Å². The normalized spacial score (nSPS) is 13.6. The Bertz CT molecular complexity index is 2810. The van der Waals surface area contributed by atoms with E-state index >= 15 is 0 Å². The summed E-state index contributed by atoms with van der Waals surface area (Å²) in [6, 6.07) is 57.6. The Morgan fingerprint density at radius 3 is 1.79 bits per heavy atom. The maximum atomic E-state index is 6.37. The predicted octanol–water partition coefficient (Wildman–Crippen LogP) is 10.6. The van der Waals surface area contributed by atoms with Gasteiger partial charge < -0.3 is 0 Å². The van der Waals surface area contributed by atoms with Gasteiger partial charge in [0, 0.05) is 0 Å². The number of nitrogens with zero attached hydrogens (tertiary/aromatic N) is 3. The summed E-state index contributed by atoms with van der Waals surface area (Å²) in [5.41, 5.74) is 11.8. The van der Waals surface area contributed by atoms with Gasteiger partial charge in [-0.2, -0.15) is 0 Å². The molecule has 0 saturated heterocycles. The fourth-order valence-electron chi connectivity index (χ4n) is 8.29. The standard InChI is InChI=1S/C47H34N3OSi/c1-52(2)40-28-25-33(29-37(40)43-34(22-14-24-41(43)52)30-15-6-3-7-16-30)46-48-45(32-19-10-5-11-20-32)49-47(50-46)36-26-27-39-44(35-21-12-13-23-38(35)51-39)42(36)31-17-8-4-9-18-31/h3-29,52H,1-2H3/q-1. The zero-order valence-corrected chi connectivity index (χ0v) is 30.1. The van der Waals surface area contributed by atoms with Crippen molar-refractivity contribution in [2.75, 3.05) is 0 Å². The molecule has 10 rings (SSSR count). The second-order valence-corrected chi connectivity index (χ2v) is 19.3. The second-order valence-electron chi connectivity index (χ2n) is 14.3. The molecule has 9 aromatic rings. The minimum absolute atomic E-state index is 0.623. The van der Waals surface area contributed by atoms with Crippen LogP contribution >= 0.6 is 0 Å². The second kappa shape index (κ2) is 11.8. The molecule has 0 atom stereocenters. The molecule has 0 fully saturated rings. The van der Waals surface area contributed by atoms with E-state index < -0.39 is 8.07 Å². The van der Waals surface area contributed by atoms with Crippen LogP contribution in [0.4, 0.5) is 0 Å². The molecular formula is C47H34N3OSi-.